The number of ether oxygens (including phenoxy) is 2. The topological polar surface area (TPSA) is 93.1 Å². The predicted octanol–water partition coefficient (Wildman–Crippen LogP) is 3.58. The number of phenolic OH excluding ortho intramolecular Hbond substituents is 1. The third-order valence-electron chi connectivity index (χ3n) is 4.84. The predicted molar refractivity (Wildman–Crippen MR) is 97.5 cm³/mol. The third-order valence-corrected chi connectivity index (χ3v) is 4.84. The summed E-state index contributed by atoms with van der Waals surface area (Å²) in [4.78, 5) is 23.7. The lowest BCUT2D eigenvalue weighted by atomic mass is 9.69. The number of aliphatic hydroxyl groups is 1. The normalized spacial score (nSPS) is 21.5. The first-order chi connectivity index (χ1) is 12.2. The molecule has 0 saturated carbocycles. The second-order valence-corrected chi connectivity index (χ2v) is 6.44. The second kappa shape index (κ2) is 7.23. The van der Waals surface area contributed by atoms with E-state index in [2.05, 4.69) is 0 Å². The van der Waals surface area contributed by atoms with Gasteiger partial charge in [0.25, 0.3) is 0 Å². The standard InChI is InChI=1S/C20H24O6/c1-6-20(18(24)7-11(2)21)10-26-16-9-17(25-5)15(23)8-14(16)19(20)12(3)13(4)22/h7-9,23-24H,6,10H2,1-5H3/b18-7?,19-12+. The van der Waals surface area contributed by atoms with Crippen LogP contribution in [-0.2, 0) is 9.59 Å². The lowest BCUT2D eigenvalue weighted by Crippen LogP contribution is -2.37. The molecule has 0 radical (unpaired) electrons. The number of carbonyl (C=O) groups is 2. The number of fused-ring (bicyclic) bond motifs is 1. The average molecular weight is 360 g/mol. The van der Waals surface area contributed by atoms with E-state index in [1.54, 1.807) is 13.0 Å². The van der Waals surface area contributed by atoms with E-state index >= 15 is 0 Å². The Kier molecular flexibility index (Phi) is 5.44. The van der Waals surface area contributed by atoms with Crippen molar-refractivity contribution in [3.8, 4) is 17.2 Å². The summed E-state index contributed by atoms with van der Waals surface area (Å²) in [6, 6.07) is 3.00. The zero-order valence-electron chi connectivity index (χ0n) is 15.7. The Morgan fingerprint density at radius 1 is 1.31 bits per heavy atom. The number of aliphatic hydroxyl groups excluding tert-OH is 1. The van der Waals surface area contributed by atoms with Crippen LogP contribution in [0.5, 0.6) is 17.2 Å². The average Bonchev–Trinajstić information content (AvgIpc) is 2.58. The van der Waals surface area contributed by atoms with Crippen molar-refractivity contribution in [2.24, 2.45) is 5.41 Å². The van der Waals surface area contributed by atoms with Crippen molar-refractivity contribution in [3.63, 3.8) is 0 Å². The smallest absolute Gasteiger partial charge is 0.164 e. The van der Waals surface area contributed by atoms with Gasteiger partial charge in [-0.25, -0.2) is 0 Å². The molecule has 2 rings (SSSR count). The summed E-state index contributed by atoms with van der Waals surface area (Å²) in [5.74, 6) is -0.0594. The molecular weight excluding hydrogens is 336 g/mol. The molecule has 1 aliphatic rings. The minimum atomic E-state index is -1.06. The molecule has 0 spiro atoms. The number of allylic oxidation sites excluding steroid dienone is 2. The van der Waals surface area contributed by atoms with E-state index in [1.165, 1.54) is 27.0 Å². The minimum Gasteiger partial charge on any atom is -0.511 e. The van der Waals surface area contributed by atoms with Crippen molar-refractivity contribution in [3.05, 3.63) is 35.1 Å². The Morgan fingerprint density at radius 2 is 1.96 bits per heavy atom. The molecule has 0 bridgehead atoms. The molecule has 1 unspecified atom stereocenters. The summed E-state index contributed by atoms with van der Waals surface area (Å²) >= 11 is 0. The Hall–Kier alpha value is -2.76. The molecule has 1 aromatic carbocycles. The van der Waals surface area contributed by atoms with Crippen LogP contribution in [0.1, 0.15) is 39.7 Å². The second-order valence-electron chi connectivity index (χ2n) is 6.44. The van der Waals surface area contributed by atoms with Crippen molar-refractivity contribution in [1.29, 1.82) is 0 Å². The van der Waals surface area contributed by atoms with Crippen LogP contribution >= 0.6 is 0 Å². The van der Waals surface area contributed by atoms with Gasteiger partial charge in [-0.15, -0.1) is 0 Å². The lowest BCUT2D eigenvalue weighted by Gasteiger charge is -2.40. The van der Waals surface area contributed by atoms with E-state index in [9.17, 15) is 19.8 Å². The Balaban J connectivity index is 2.86. The zero-order chi connectivity index (χ0) is 19.6. The number of hydrogen-bond acceptors (Lipinski definition) is 6. The molecule has 0 amide bonds. The van der Waals surface area contributed by atoms with Gasteiger partial charge in [0.2, 0.25) is 0 Å². The molecule has 0 fully saturated rings. The van der Waals surface area contributed by atoms with Gasteiger partial charge in [0, 0.05) is 17.7 Å². The highest BCUT2D eigenvalue weighted by atomic mass is 16.5. The molecule has 1 aliphatic heterocycles. The van der Waals surface area contributed by atoms with Gasteiger partial charge in [0.15, 0.2) is 23.1 Å². The number of benzene rings is 1. The Labute approximate surface area is 152 Å². The molecule has 1 atom stereocenters. The first kappa shape index (κ1) is 19.6. The molecular formula is C20H24O6. The Bertz CT molecular complexity index is 818. The number of methoxy groups -OCH3 is 1. The first-order valence-corrected chi connectivity index (χ1v) is 8.36. The van der Waals surface area contributed by atoms with Crippen LogP contribution in [0.4, 0.5) is 0 Å². The summed E-state index contributed by atoms with van der Waals surface area (Å²) in [5, 5.41) is 20.9. The Morgan fingerprint density at radius 3 is 2.46 bits per heavy atom. The number of rotatable bonds is 5. The fourth-order valence-corrected chi connectivity index (χ4v) is 3.29. The van der Waals surface area contributed by atoms with Crippen molar-refractivity contribution in [2.45, 2.75) is 34.1 Å². The summed E-state index contributed by atoms with van der Waals surface area (Å²) in [7, 11) is 1.43. The highest BCUT2D eigenvalue weighted by Gasteiger charge is 2.45. The molecule has 0 saturated heterocycles. The van der Waals surface area contributed by atoms with E-state index in [0.29, 0.717) is 28.9 Å². The van der Waals surface area contributed by atoms with Gasteiger partial charge in [-0.1, -0.05) is 6.92 Å². The molecule has 1 aromatic rings. The van der Waals surface area contributed by atoms with E-state index < -0.39 is 5.41 Å². The third kappa shape index (κ3) is 3.19. The molecule has 2 N–H and O–H groups in total. The van der Waals surface area contributed by atoms with Crippen molar-refractivity contribution < 1.29 is 29.3 Å². The van der Waals surface area contributed by atoms with Gasteiger partial charge < -0.3 is 19.7 Å². The van der Waals surface area contributed by atoms with Crippen LogP contribution in [0.2, 0.25) is 0 Å². The van der Waals surface area contributed by atoms with E-state index in [-0.39, 0.29) is 35.4 Å². The number of carbonyl (C=O) groups excluding carboxylic acids is 2. The van der Waals surface area contributed by atoms with Crippen molar-refractivity contribution in [1.82, 2.24) is 0 Å². The highest BCUT2D eigenvalue weighted by molar-refractivity contribution is 6.03. The largest absolute Gasteiger partial charge is 0.511 e. The number of Topliss-reactive ketones (excluding diaryl/α,β-unsaturated/α-hetero) is 1. The fourth-order valence-electron chi connectivity index (χ4n) is 3.29. The SMILES string of the molecule is CCC1(C(O)=CC(C)=O)COc2cc(OC)c(O)cc2/C1=C(/C)C(C)=O. The molecule has 26 heavy (non-hydrogen) atoms. The quantitative estimate of drug-likeness (QED) is 0.616. The number of hydrogen-bond donors (Lipinski definition) is 2. The van der Waals surface area contributed by atoms with Crippen LogP contribution < -0.4 is 9.47 Å². The van der Waals surface area contributed by atoms with Gasteiger partial charge >= 0.3 is 0 Å². The molecule has 6 nitrogen and oxygen atoms in total. The maximum Gasteiger partial charge on any atom is 0.164 e. The van der Waals surface area contributed by atoms with Crippen LogP contribution in [0.15, 0.2) is 29.5 Å². The van der Waals surface area contributed by atoms with Crippen molar-refractivity contribution in [2.75, 3.05) is 13.7 Å². The summed E-state index contributed by atoms with van der Waals surface area (Å²) in [6.07, 6.45) is 1.55. The minimum absolute atomic E-state index is 0.0556. The van der Waals surface area contributed by atoms with Gasteiger partial charge in [-0.2, -0.15) is 0 Å². The van der Waals surface area contributed by atoms with E-state index in [0.717, 1.165) is 6.08 Å². The van der Waals surface area contributed by atoms with E-state index in [1.807, 2.05) is 6.92 Å². The molecule has 1 heterocycles. The summed E-state index contributed by atoms with van der Waals surface area (Å²) in [5.41, 5.74) is 0.411. The molecule has 6 heteroatoms. The van der Waals surface area contributed by atoms with E-state index in [4.69, 9.17) is 9.47 Å². The van der Waals surface area contributed by atoms with Crippen molar-refractivity contribution >= 4 is 17.1 Å². The van der Waals surface area contributed by atoms with Gasteiger partial charge in [0.1, 0.15) is 18.1 Å². The highest BCUT2D eigenvalue weighted by Crippen LogP contribution is 2.53. The maximum absolute atomic E-state index is 12.2. The maximum atomic E-state index is 12.2. The first-order valence-electron chi connectivity index (χ1n) is 8.36. The van der Waals surface area contributed by atoms with Gasteiger partial charge in [0.05, 0.1) is 12.5 Å². The molecule has 0 aromatic heterocycles. The van der Waals surface area contributed by atoms with Gasteiger partial charge in [-0.3, -0.25) is 9.59 Å². The lowest BCUT2D eigenvalue weighted by molar-refractivity contribution is -0.114. The molecule has 0 aliphatic carbocycles. The van der Waals surface area contributed by atoms with Crippen LogP contribution in [0.25, 0.3) is 5.57 Å². The number of phenols is 1. The number of aromatic hydroxyl groups is 1. The fraction of sp³-hybridized carbons (Fsp3) is 0.400. The van der Waals surface area contributed by atoms with Crippen LogP contribution in [-0.4, -0.2) is 35.5 Å². The number of ketones is 2. The summed E-state index contributed by atoms with van der Waals surface area (Å²) < 4.78 is 11.0. The monoisotopic (exact) mass is 360 g/mol. The molecule has 140 valence electrons. The summed E-state index contributed by atoms with van der Waals surface area (Å²) in [6.45, 7) is 6.34. The zero-order valence-corrected chi connectivity index (χ0v) is 15.7. The van der Waals surface area contributed by atoms with Crippen LogP contribution in [0, 0.1) is 5.41 Å². The van der Waals surface area contributed by atoms with Crippen LogP contribution in [0.3, 0.4) is 0 Å². The van der Waals surface area contributed by atoms with Gasteiger partial charge in [-0.05, 0) is 44.4 Å².